The predicted molar refractivity (Wildman–Crippen MR) is 70.3 cm³/mol. The fourth-order valence-corrected chi connectivity index (χ4v) is 2.45. The molecule has 0 saturated carbocycles. The third kappa shape index (κ3) is 3.33. The first-order valence-electron chi connectivity index (χ1n) is 6.03. The van der Waals surface area contributed by atoms with Gasteiger partial charge in [0.15, 0.2) is 0 Å². The zero-order valence-corrected chi connectivity index (χ0v) is 10.8. The van der Waals surface area contributed by atoms with Crippen molar-refractivity contribution in [1.29, 1.82) is 0 Å². The summed E-state index contributed by atoms with van der Waals surface area (Å²) in [6.45, 7) is 3.20. The van der Waals surface area contributed by atoms with E-state index in [2.05, 4.69) is 10.2 Å². The van der Waals surface area contributed by atoms with Crippen molar-refractivity contribution in [3.05, 3.63) is 29.0 Å². The number of piperidine rings is 1. The van der Waals surface area contributed by atoms with E-state index in [4.69, 9.17) is 11.6 Å². The van der Waals surface area contributed by atoms with E-state index in [1.807, 2.05) is 7.05 Å². The molecule has 1 heterocycles. The minimum atomic E-state index is -0.356. The molecule has 1 fully saturated rings. The van der Waals surface area contributed by atoms with Gasteiger partial charge in [-0.15, -0.1) is 0 Å². The second-order valence-electron chi connectivity index (χ2n) is 4.67. The van der Waals surface area contributed by atoms with Crippen molar-refractivity contribution >= 4 is 17.3 Å². The largest absolute Gasteiger partial charge is 0.374 e. The normalized spacial score (nSPS) is 17.1. The van der Waals surface area contributed by atoms with Crippen LogP contribution in [0, 0.1) is 11.7 Å². The first kappa shape index (κ1) is 12.7. The molecule has 0 radical (unpaired) electrons. The van der Waals surface area contributed by atoms with Crippen LogP contribution in [0.25, 0.3) is 0 Å². The van der Waals surface area contributed by atoms with E-state index >= 15 is 0 Å². The van der Waals surface area contributed by atoms with E-state index in [1.165, 1.54) is 18.9 Å². The molecule has 17 heavy (non-hydrogen) atoms. The van der Waals surface area contributed by atoms with Gasteiger partial charge in [-0.3, -0.25) is 0 Å². The summed E-state index contributed by atoms with van der Waals surface area (Å²) in [5, 5.41) is 3.55. The summed E-state index contributed by atoms with van der Waals surface area (Å²) in [6, 6.07) is 4.90. The SMILES string of the molecule is CN(CC1CCNCC1)c1ccc(F)c(Cl)c1. The van der Waals surface area contributed by atoms with E-state index in [0.717, 1.165) is 25.3 Å². The van der Waals surface area contributed by atoms with Crippen LogP contribution in [0.4, 0.5) is 10.1 Å². The Bertz CT molecular complexity index is 378. The Labute approximate surface area is 107 Å². The maximum atomic E-state index is 13.1. The first-order chi connectivity index (χ1) is 8.16. The van der Waals surface area contributed by atoms with E-state index in [0.29, 0.717) is 5.92 Å². The summed E-state index contributed by atoms with van der Waals surface area (Å²) in [5.41, 5.74) is 0.981. The van der Waals surface area contributed by atoms with Crippen molar-refractivity contribution < 1.29 is 4.39 Å². The third-order valence-electron chi connectivity index (χ3n) is 3.33. The maximum absolute atomic E-state index is 13.1. The topological polar surface area (TPSA) is 15.3 Å². The number of anilines is 1. The molecule has 1 aliphatic rings. The molecule has 4 heteroatoms. The molecule has 94 valence electrons. The summed E-state index contributed by atoms with van der Waals surface area (Å²) < 4.78 is 13.1. The van der Waals surface area contributed by atoms with Crippen LogP contribution in [0.3, 0.4) is 0 Å². The minimum absolute atomic E-state index is 0.194. The Kier molecular flexibility index (Phi) is 4.24. The van der Waals surface area contributed by atoms with Gasteiger partial charge in [0, 0.05) is 19.3 Å². The highest BCUT2D eigenvalue weighted by atomic mass is 35.5. The van der Waals surface area contributed by atoms with E-state index in [9.17, 15) is 4.39 Å². The molecule has 1 aromatic carbocycles. The van der Waals surface area contributed by atoms with Crippen LogP contribution in [0.15, 0.2) is 18.2 Å². The Morgan fingerprint density at radius 1 is 1.41 bits per heavy atom. The van der Waals surface area contributed by atoms with E-state index < -0.39 is 0 Å². The van der Waals surface area contributed by atoms with Crippen LogP contribution in [0.2, 0.25) is 5.02 Å². The van der Waals surface area contributed by atoms with Gasteiger partial charge in [-0.25, -0.2) is 4.39 Å². The molecule has 0 aromatic heterocycles. The standard InChI is InChI=1S/C13H18ClFN2/c1-17(9-10-4-6-16-7-5-10)11-2-3-13(15)12(14)8-11/h2-3,8,10,16H,4-7,9H2,1H3. The molecular weight excluding hydrogens is 239 g/mol. The lowest BCUT2D eigenvalue weighted by atomic mass is 9.97. The van der Waals surface area contributed by atoms with Crippen LogP contribution < -0.4 is 10.2 Å². The zero-order valence-electron chi connectivity index (χ0n) is 10.0. The number of hydrogen-bond donors (Lipinski definition) is 1. The van der Waals surface area contributed by atoms with Crippen molar-refractivity contribution in [2.24, 2.45) is 5.92 Å². The molecule has 2 nitrogen and oxygen atoms in total. The molecule has 0 bridgehead atoms. The number of halogens is 2. The molecule has 1 aromatic rings. The Hall–Kier alpha value is -0.800. The summed E-state index contributed by atoms with van der Waals surface area (Å²) in [6.07, 6.45) is 2.42. The fourth-order valence-electron chi connectivity index (χ4n) is 2.28. The van der Waals surface area contributed by atoms with Gasteiger partial charge in [-0.2, -0.15) is 0 Å². The van der Waals surface area contributed by atoms with E-state index in [1.54, 1.807) is 12.1 Å². The molecular formula is C13H18ClFN2. The van der Waals surface area contributed by atoms with Crippen molar-refractivity contribution in [3.8, 4) is 0 Å². The number of rotatable bonds is 3. The summed E-state index contributed by atoms with van der Waals surface area (Å²) in [5.74, 6) is 0.357. The van der Waals surface area contributed by atoms with Gasteiger partial charge in [0.05, 0.1) is 5.02 Å². The number of nitrogens with zero attached hydrogens (tertiary/aromatic N) is 1. The molecule has 2 rings (SSSR count). The maximum Gasteiger partial charge on any atom is 0.141 e. The lowest BCUT2D eigenvalue weighted by Gasteiger charge is -2.28. The zero-order chi connectivity index (χ0) is 12.3. The molecule has 0 spiro atoms. The van der Waals surface area contributed by atoms with Crippen LogP contribution in [-0.2, 0) is 0 Å². The van der Waals surface area contributed by atoms with Crippen LogP contribution in [0.5, 0.6) is 0 Å². The van der Waals surface area contributed by atoms with E-state index in [-0.39, 0.29) is 10.8 Å². The first-order valence-corrected chi connectivity index (χ1v) is 6.41. The molecule has 0 amide bonds. The van der Waals surface area contributed by atoms with Crippen LogP contribution in [-0.4, -0.2) is 26.7 Å². The lowest BCUT2D eigenvalue weighted by Crippen LogP contribution is -2.34. The second kappa shape index (κ2) is 5.69. The lowest BCUT2D eigenvalue weighted by molar-refractivity contribution is 0.378. The van der Waals surface area contributed by atoms with Crippen LogP contribution >= 0.6 is 11.6 Å². The average molecular weight is 257 g/mol. The van der Waals surface area contributed by atoms with Crippen LogP contribution in [0.1, 0.15) is 12.8 Å². The van der Waals surface area contributed by atoms with Gasteiger partial charge in [0.25, 0.3) is 0 Å². The summed E-state index contributed by atoms with van der Waals surface area (Å²) in [7, 11) is 2.03. The Balaban J connectivity index is 1.98. The van der Waals surface area contributed by atoms with Crippen molar-refractivity contribution in [1.82, 2.24) is 5.32 Å². The molecule has 1 aliphatic heterocycles. The highest BCUT2D eigenvalue weighted by Crippen LogP contribution is 2.23. The molecule has 0 atom stereocenters. The molecule has 1 N–H and O–H groups in total. The fraction of sp³-hybridized carbons (Fsp3) is 0.538. The third-order valence-corrected chi connectivity index (χ3v) is 3.62. The van der Waals surface area contributed by atoms with Gasteiger partial charge in [0.1, 0.15) is 5.82 Å². The summed E-state index contributed by atoms with van der Waals surface area (Å²) in [4.78, 5) is 2.15. The number of nitrogens with one attached hydrogen (secondary N) is 1. The second-order valence-corrected chi connectivity index (χ2v) is 5.08. The highest BCUT2D eigenvalue weighted by molar-refractivity contribution is 6.31. The van der Waals surface area contributed by atoms with Gasteiger partial charge in [0.2, 0.25) is 0 Å². The van der Waals surface area contributed by atoms with Crippen molar-refractivity contribution in [2.45, 2.75) is 12.8 Å². The quantitative estimate of drug-likeness (QED) is 0.895. The monoisotopic (exact) mass is 256 g/mol. The molecule has 1 saturated heterocycles. The predicted octanol–water partition coefficient (Wildman–Crippen LogP) is 2.91. The molecule has 0 unspecified atom stereocenters. The van der Waals surface area contributed by atoms with Gasteiger partial charge >= 0.3 is 0 Å². The van der Waals surface area contributed by atoms with Crippen molar-refractivity contribution in [2.75, 3.05) is 31.6 Å². The number of benzene rings is 1. The Morgan fingerprint density at radius 3 is 2.76 bits per heavy atom. The van der Waals surface area contributed by atoms with Gasteiger partial charge < -0.3 is 10.2 Å². The number of hydrogen-bond acceptors (Lipinski definition) is 2. The Morgan fingerprint density at radius 2 is 2.12 bits per heavy atom. The summed E-state index contributed by atoms with van der Waals surface area (Å²) >= 11 is 5.79. The van der Waals surface area contributed by atoms with Gasteiger partial charge in [-0.1, -0.05) is 11.6 Å². The average Bonchev–Trinajstić information content (AvgIpc) is 2.34. The minimum Gasteiger partial charge on any atom is -0.374 e. The van der Waals surface area contributed by atoms with Crippen molar-refractivity contribution in [3.63, 3.8) is 0 Å². The highest BCUT2D eigenvalue weighted by Gasteiger charge is 2.15. The smallest absolute Gasteiger partial charge is 0.141 e. The van der Waals surface area contributed by atoms with Gasteiger partial charge in [-0.05, 0) is 50.0 Å². The molecule has 0 aliphatic carbocycles.